The highest BCUT2D eigenvalue weighted by Gasteiger charge is 2.40. The number of nitrogens with zero attached hydrogens (tertiary/aromatic N) is 1. The molecule has 0 N–H and O–H groups in total. The van der Waals surface area contributed by atoms with Crippen molar-refractivity contribution in [2.45, 2.75) is 50.7 Å². The molecule has 7 heteroatoms. The van der Waals surface area contributed by atoms with E-state index in [2.05, 4.69) is 0 Å². The van der Waals surface area contributed by atoms with Gasteiger partial charge in [-0.2, -0.15) is 0 Å². The summed E-state index contributed by atoms with van der Waals surface area (Å²) < 4.78 is 11.5. The van der Waals surface area contributed by atoms with Crippen molar-refractivity contribution in [3.63, 3.8) is 0 Å². The lowest BCUT2D eigenvalue weighted by Gasteiger charge is -2.28. The number of imide groups is 1. The molecule has 0 radical (unpaired) electrons. The molecule has 2 fully saturated rings. The first-order valence-electron chi connectivity index (χ1n) is 9.56. The molecule has 1 atom stereocenters. The van der Waals surface area contributed by atoms with Crippen molar-refractivity contribution >= 4 is 17.8 Å². The Labute approximate surface area is 157 Å². The second-order valence-electron chi connectivity index (χ2n) is 7.30. The van der Waals surface area contributed by atoms with Crippen molar-refractivity contribution in [3.05, 3.63) is 35.4 Å². The maximum absolute atomic E-state index is 12.4. The van der Waals surface area contributed by atoms with E-state index in [0.717, 1.165) is 32.3 Å². The van der Waals surface area contributed by atoms with Crippen molar-refractivity contribution in [1.82, 2.24) is 5.06 Å². The predicted molar refractivity (Wildman–Crippen MR) is 93.7 cm³/mol. The first-order valence-corrected chi connectivity index (χ1v) is 9.56. The number of ether oxygens (including phenoxy) is 2. The Bertz CT molecular complexity index is 699. The van der Waals surface area contributed by atoms with E-state index in [1.165, 1.54) is 0 Å². The van der Waals surface area contributed by atoms with Crippen LogP contribution in [0.2, 0.25) is 0 Å². The minimum absolute atomic E-state index is 0.123. The minimum atomic E-state index is -0.586. The molecule has 2 aliphatic heterocycles. The van der Waals surface area contributed by atoms with E-state index in [-0.39, 0.29) is 29.3 Å². The zero-order chi connectivity index (χ0) is 18.8. The lowest BCUT2D eigenvalue weighted by Crippen LogP contribution is -2.37. The second-order valence-corrected chi connectivity index (χ2v) is 7.30. The molecule has 1 saturated heterocycles. The first-order chi connectivity index (χ1) is 13.1. The topological polar surface area (TPSA) is 82.1 Å². The van der Waals surface area contributed by atoms with Gasteiger partial charge in [0, 0.05) is 6.61 Å². The van der Waals surface area contributed by atoms with Gasteiger partial charge in [-0.15, -0.1) is 0 Å². The molecule has 0 aromatic heterocycles. The molecule has 2 amide bonds. The highest BCUT2D eigenvalue weighted by molar-refractivity contribution is 6.20. The quantitative estimate of drug-likeness (QED) is 0.738. The maximum Gasteiger partial charge on any atom is 0.336 e. The fraction of sp³-hybridized carbons (Fsp3) is 0.550. The van der Waals surface area contributed by atoms with Crippen molar-refractivity contribution < 1.29 is 28.7 Å². The standard InChI is InChI=1S/C20H23NO6/c22-18-16-5-1-2-6-17(16)19(23)21(18)27-20(24)13-7-9-14(10-8-13)26-12-15-4-3-11-25-15/h1-2,5-6,13-15H,3-4,7-12H2. The number of amides is 2. The zero-order valence-corrected chi connectivity index (χ0v) is 15.1. The summed E-state index contributed by atoms with van der Waals surface area (Å²) >= 11 is 0. The molecule has 1 aromatic carbocycles. The number of hydroxylamine groups is 2. The van der Waals surface area contributed by atoms with Gasteiger partial charge in [-0.25, -0.2) is 4.79 Å². The number of hydrogen-bond acceptors (Lipinski definition) is 6. The van der Waals surface area contributed by atoms with E-state index >= 15 is 0 Å². The highest BCUT2D eigenvalue weighted by atomic mass is 16.7. The number of benzene rings is 1. The van der Waals surface area contributed by atoms with E-state index in [4.69, 9.17) is 14.3 Å². The van der Waals surface area contributed by atoms with Crippen LogP contribution in [0.15, 0.2) is 24.3 Å². The molecule has 1 unspecified atom stereocenters. The monoisotopic (exact) mass is 373 g/mol. The Morgan fingerprint density at radius 1 is 1.04 bits per heavy atom. The molecule has 0 bridgehead atoms. The zero-order valence-electron chi connectivity index (χ0n) is 15.1. The molecule has 1 saturated carbocycles. The third-order valence-electron chi connectivity index (χ3n) is 5.49. The molecule has 1 aliphatic carbocycles. The van der Waals surface area contributed by atoms with Crippen molar-refractivity contribution in [3.8, 4) is 0 Å². The Balaban J connectivity index is 1.26. The smallest absolute Gasteiger partial charge is 0.336 e. The first kappa shape index (κ1) is 18.1. The summed E-state index contributed by atoms with van der Waals surface area (Å²) in [5.74, 6) is -2.02. The fourth-order valence-corrected chi connectivity index (χ4v) is 3.90. The van der Waals surface area contributed by atoms with E-state index < -0.39 is 17.8 Å². The summed E-state index contributed by atoms with van der Waals surface area (Å²) in [6, 6.07) is 6.46. The normalized spacial score (nSPS) is 27.7. The van der Waals surface area contributed by atoms with E-state index in [1.807, 2.05) is 0 Å². The summed E-state index contributed by atoms with van der Waals surface area (Å²) in [5.41, 5.74) is 0.531. The fourth-order valence-electron chi connectivity index (χ4n) is 3.90. The van der Waals surface area contributed by atoms with E-state index in [0.29, 0.717) is 24.5 Å². The Hall–Kier alpha value is -2.25. The van der Waals surface area contributed by atoms with Crippen molar-refractivity contribution in [2.75, 3.05) is 13.2 Å². The predicted octanol–water partition coefficient (Wildman–Crippen LogP) is 2.50. The van der Waals surface area contributed by atoms with Crippen LogP contribution in [-0.2, 0) is 19.1 Å². The second kappa shape index (κ2) is 7.78. The molecule has 0 spiro atoms. The molecule has 2 heterocycles. The number of carbonyl (C=O) groups excluding carboxylic acids is 3. The van der Waals surface area contributed by atoms with Gasteiger partial charge in [0.05, 0.1) is 35.9 Å². The lowest BCUT2D eigenvalue weighted by molar-refractivity contribution is -0.175. The average molecular weight is 373 g/mol. The molecule has 4 rings (SSSR count). The molecule has 144 valence electrons. The third-order valence-corrected chi connectivity index (χ3v) is 5.49. The molecular weight excluding hydrogens is 350 g/mol. The van der Waals surface area contributed by atoms with Crippen LogP contribution in [0.5, 0.6) is 0 Å². The van der Waals surface area contributed by atoms with Crippen LogP contribution in [0, 0.1) is 5.92 Å². The van der Waals surface area contributed by atoms with E-state index in [9.17, 15) is 14.4 Å². The van der Waals surface area contributed by atoms with Gasteiger partial charge < -0.3 is 14.3 Å². The maximum atomic E-state index is 12.4. The van der Waals surface area contributed by atoms with E-state index in [1.54, 1.807) is 24.3 Å². The minimum Gasteiger partial charge on any atom is -0.376 e. The van der Waals surface area contributed by atoms with Gasteiger partial charge in [0.25, 0.3) is 11.8 Å². The van der Waals surface area contributed by atoms with Gasteiger partial charge in [-0.3, -0.25) is 9.59 Å². The number of hydrogen-bond donors (Lipinski definition) is 0. The van der Waals surface area contributed by atoms with Gasteiger partial charge in [0.2, 0.25) is 0 Å². The Morgan fingerprint density at radius 2 is 1.70 bits per heavy atom. The van der Waals surface area contributed by atoms with Gasteiger partial charge >= 0.3 is 5.97 Å². The molecule has 27 heavy (non-hydrogen) atoms. The summed E-state index contributed by atoms with van der Waals surface area (Å²) in [7, 11) is 0. The summed E-state index contributed by atoms with van der Waals surface area (Å²) in [4.78, 5) is 42.2. The van der Waals surface area contributed by atoms with Gasteiger partial charge in [0.1, 0.15) is 0 Å². The van der Waals surface area contributed by atoms with Crippen LogP contribution in [0.3, 0.4) is 0 Å². The number of fused-ring (bicyclic) bond motifs is 1. The van der Waals surface area contributed by atoms with Crippen LogP contribution < -0.4 is 0 Å². The van der Waals surface area contributed by atoms with Crippen LogP contribution in [0.25, 0.3) is 0 Å². The SMILES string of the molecule is O=C(ON1C(=O)c2ccccc2C1=O)C1CCC(OCC2CCCO2)CC1. The number of carbonyl (C=O) groups is 3. The van der Waals surface area contributed by atoms with Crippen molar-refractivity contribution in [2.24, 2.45) is 5.92 Å². The van der Waals surface area contributed by atoms with Crippen LogP contribution in [0.4, 0.5) is 0 Å². The highest BCUT2D eigenvalue weighted by Crippen LogP contribution is 2.30. The van der Waals surface area contributed by atoms with Gasteiger partial charge in [-0.1, -0.05) is 17.2 Å². The summed E-state index contributed by atoms with van der Waals surface area (Å²) in [6.07, 6.45) is 5.21. The molecular formula is C20H23NO6. The van der Waals surface area contributed by atoms with Crippen LogP contribution in [-0.4, -0.2) is 48.3 Å². The Morgan fingerprint density at radius 3 is 2.30 bits per heavy atom. The average Bonchev–Trinajstić information content (AvgIpc) is 3.30. The number of rotatable bonds is 5. The van der Waals surface area contributed by atoms with Gasteiger partial charge in [0.15, 0.2) is 0 Å². The lowest BCUT2D eigenvalue weighted by atomic mass is 9.87. The largest absolute Gasteiger partial charge is 0.376 e. The molecule has 7 nitrogen and oxygen atoms in total. The summed E-state index contributed by atoms with van der Waals surface area (Å²) in [5, 5.41) is 0.590. The van der Waals surface area contributed by atoms with Crippen molar-refractivity contribution in [1.29, 1.82) is 0 Å². The Kier molecular flexibility index (Phi) is 5.22. The van der Waals surface area contributed by atoms with Gasteiger partial charge in [-0.05, 0) is 50.7 Å². The van der Waals surface area contributed by atoms with Crippen LogP contribution >= 0.6 is 0 Å². The third kappa shape index (κ3) is 3.75. The van der Waals surface area contributed by atoms with Crippen LogP contribution in [0.1, 0.15) is 59.2 Å². The summed E-state index contributed by atoms with van der Waals surface area (Å²) in [6.45, 7) is 1.42. The molecule has 1 aromatic rings. The molecule has 3 aliphatic rings.